The average molecular weight is 395 g/mol. The van der Waals surface area contributed by atoms with Gasteiger partial charge in [-0.1, -0.05) is 30.3 Å². The smallest absolute Gasteiger partial charge is 0.254 e. The normalized spacial score (nSPS) is 10.4. The molecular formula is C21H21N3O3S. The minimum atomic E-state index is -0.300. The van der Waals surface area contributed by atoms with Crippen LogP contribution in [0, 0.1) is 0 Å². The van der Waals surface area contributed by atoms with Gasteiger partial charge in [-0.05, 0) is 31.2 Å². The van der Waals surface area contributed by atoms with Crippen LogP contribution < -0.4 is 10.1 Å². The molecule has 0 spiro atoms. The van der Waals surface area contributed by atoms with Crippen molar-refractivity contribution in [2.24, 2.45) is 0 Å². The summed E-state index contributed by atoms with van der Waals surface area (Å²) < 4.78 is 5.64. The SMILES string of the molecule is CCOc1ccccc1-c1csc(NC(=O)CN(C)C(=O)c2ccccc2)n1. The Labute approximate surface area is 167 Å². The number of aromatic nitrogens is 1. The molecule has 0 radical (unpaired) electrons. The van der Waals surface area contributed by atoms with Crippen LogP contribution in [0.3, 0.4) is 0 Å². The molecule has 6 nitrogen and oxygen atoms in total. The number of para-hydroxylation sites is 1. The van der Waals surface area contributed by atoms with Crippen LogP contribution in [0.15, 0.2) is 60.0 Å². The van der Waals surface area contributed by atoms with Crippen LogP contribution in [0.2, 0.25) is 0 Å². The maximum Gasteiger partial charge on any atom is 0.254 e. The third-order valence-electron chi connectivity index (χ3n) is 3.96. The number of benzene rings is 2. The van der Waals surface area contributed by atoms with E-state index in [0.29, 0.717) is 17.3 Å². The van der Waals surface area contributed by atoms with Gasteiger partial charge >= 0.3 is 0 Å². The van der Waals surface area contributed by atoms with E-state index in [2.05, 4.69) is 10.3 Å². The first-order valence-electron chi connectivity index (χ1n) is 8.86. The van der Waals surface area contributed by atoms with E-state index in [1.807, 2.05) is 42.6 Å². The number of rotatable bonds is 7. The highest BCUT2D eigenvalue weighted by Gasteiger charge is 2.16. The van der Waals surface area contributed by atoms with E-state index >= 15 is 0 Å². The van der Waals surface area contributed by atoms with Gasteiger partial charge in [0.1, 0.15) is 5.75 Å². The molecule has 3 aromatic rings. The molecular weight excluding hydrogens is 374 g/mol. The molecule has 0 bridgehead atoms. The molecule has 2 amide bonds. The summed E-state index contributed by atoms with van der Waals surface area (Å²) in [6, 6.07) is 16.5. The highest BCUT2D eigenvalue weighted by atomic mass is 32.1. The molecule has 0 aliphatic rings. The van der Waals surface area contributed by atoms with Crippen LogP contribution in [-0.2, 0) is 4.79 Å². The number of thiazole rings is 1. The Morgan fingerprint density at radius 2 is 1.82 bits per heavy atom. The largest absolute Gasteiger partial charge is 0.493 e. The second-order valence-corrected chi connectivity index (χ2v) is 6.90. The Morgan fingerprint density at radius 1 is 1.11 bits per heavy atom. The number of ether oxygens (including phenoxy) is 1. The Balaban J connectivity index is 1.64. The first-order valence-corrected chi connectivity index (χ1v) is 9.74. The third kappa shape index (κ3) is 4.75. The van der Waals surface area contributed by atoms with Crippen molar-refractivity contribution in [3.05, 3.63) is 65.5 Å². The van der Waals surface area contributed by atoms with E-state index in [1.165, 1.54) is 16.2 Å². The molecule has 7 heteroatoms. The standard InChI is InChI=1S/C21H21N3O3S/c1-3-27-18-12-8-7-11-16(18)17-14-28-21(22-17)23-19(25)13-24(2)20(26)15-9-5-4-6-10-15/h4-12,14H,3,13H2,1-2H3,(H,22,23,25). The molecule has 144 valence electrons. The van der Waals surface area contributed by atoms with Crippen LogP contribution in [0.4, 0.5) is 5.13 Å². The number of nitrogens with one attached hydrogen (secondary N) is 1. The molecule has 0 saturated carbocycles. The summed E-state index contributed by atoms with van der Waals surface area (Å²) in [4.78, 5) is 30.5. The van der Waals surface area contributed by atoms with Crippen molar-refractivity contribution in [1.82, 2.24) is 9.88 Å². The van der Waals surface area contributed by atoms with Gasteiger partial charge in [-0.2, -0.15) is 0 Å². The highest BCUT2D eigenvalue weighted by Crippen LogP contribution is 2.32. The first kappa shape index (κ1) is 19.6. The Kier molecular flexibility index (Phi) is 6.39. The summed E-state index contributed by atoms with van der Waals surface area (Å²) in [5, 5.41) is 5.10. The summed E-state index contributed by atoms with van der Waals surface area (Å²) in [6.45, 7) is 2.43. The summed E-state index contributed by atoms with van der Waals surface area (Å²) in [5.74, 6) is 0.244. The van der Waals surface area contributed by atoms with Crippen molar-refractivity contribution in [1.29, 1.82) is 0 Å². The second kappa shape index (κ2) is 9.14. The maximum atomic E-state index is 12.3. The number of nitrogens with zero attached hydrogens (tertiary/aromatic N) is 2. The third-order valence-corrected chi connectivity index (χ3v) is 4.72. The predicted octanol–water partition coefficient (Wildman–Crippen LogP) is 3.92. The molecule has 0 aliphatic carbocycles. The molecule has 1 heterocycles. The van der Waals surface area contributed by atoms with Crippen molar-refractivity contribution in [2.75, 3.05) is 25.5 Å². The summed E-state index contributed by atoms with van der Waals surface area (Å²) in [6.07, 6.45) is 0. The van der Waals surface area contributed by atoms with Gasteiger partial charge in [-0.25, -0.2) is 4.98 Å². The van der Waals surface area contributed by atoms with Crippen molar-refractivity contribution in [3.8, 4) is 17.0 Å². The van der Waals surface area contributed by atoms with Gasteiger partial charge in [-0.15, -0.1) is 11.3 Å². The number of carbonyl (C=O) groups excluding carboxylic acids is 2. The number of anilines is 1. The van der Waals surface area contributed by atoms with E-state index in [0.717, 1.165) is 17.0 Å². The molecule has 2 aromatic carbocycles. The molecule has 1 aromatic heterocycles. The zero-order valence-electron chi connectivity index (χ0n) is 15.7. The van der Waals surface area contributed by atoms with Gasteiger partial charge in [0, 0.05) is 23.6 Å². The lowest BCUT2D eigenvalue weighted by Gasteiger charge is -2.16. The maximum absolute atomic E-state index is 12.3. The molecule has 0 unspecified atom stereocenters. The van der Waals surface area contributed by atoms with Crippen LogP contribution in [0.1, 0.15) is 17.3 Å². The molecule has 0 atom stereocenters. The van der Waals surface area contributed by atoms with Crippen molar-refractivity contribution < 1.29 is 14.3 Å². The van der Waals surface area contributed by atoms with E-state index in [9.17, 15) is 9.59 Å². The lowest BCUT2D eigenvalue weighted by molar-refractivity contribution is -0.116. The number of likely N-dealkylation sites (N-methyl/N-ethyl adjacent to an activating group) is 1. The minimum absolute atomic E-state index is 0.0574. The Hall–Kier alpha value is -3.19. The van der Waals surface area contributed by atoms with Gasteiger partial charge in [0.05, 0.1) is 18.8 Å². The molecule has 3 rings (SSSR count). The first-order chi connectivity index (χ1) is 13.6. The molecule has 0 fully saturated rings. The van der Waals surface area contributed by atoms with Gasteiger partial charge in [-0.3, -0.25) is 9.59 Å². The zero-order chi connectivity index (χ0) is 19.9. The van der Waals surface area contributed by atoms with Gasteiger partial charge in [0.2, 0.25) is 5.91 Å². The van der Waals surface area contributed by atoms with Crippen LogP contribution in [0.5, 0.6) is 5.75 Å². The number of hydrogen-bond donors (Lipinski definition) is 1. The zero-order valence-corrected chi connectivity index (χ0v) is 16.5. The van der Waals surface area contributed by atoms with E-state index in [1.54, 1.807) is 31.3 Å². The predicted molar refractivity (Wildman–Crippen MR) is 111 cm³/mol. The Bertz CT molecular complexity index is 956. The average Bonchev–Trinajstić information content (AvgIpc) is 3.16. The summed E-state index contributed by atoms with van der Waals surface area (Å²) >= 11 is 1.33. The van der Waals surface area contributed by atoms with Crippen molar-refractivity contribution in [3.63, 3.8) is 0 Å². The second-order valence-electron chi connectivity index (χ2n) is 6.04. The number of amides is 2. The van der Waals surface area contributed by atoms with Gasteiger partial charge < -0.3 is 15.0 Å². The fourth-order valence-electron chi connectivity index (χ4n) is 2.66. The van der Waals surface area contributed by atoms with Crippen LogP contribution in [-0.4, -0.2) is 41.9 Å². The fraction of sp³-hybridized carbons (Fsp3) is 0.190. The Morgan fingerprint density at radius 3 is 2.57 bits per heavy atom. The van der Waals surface area contributed by atoms with Gasteiger partial charge in [0.15, 0.2) is 5.13 Å². The van der Waals surface area contributed by atoms with E-state index in [-0.39, 0.29) is 18.4 Å². The summed E-state index contributed by atoms with van der Waals surface area (Å²) in [7, 11) is 1.60. The van der Waals surface area contributed by atoms with Crippen molar-refractivity contribution in [2.45, 2.75) is 6.92 Å². The summed E-state index contributed by atoms with van der Waals surface area (Å²) in [5.41, 5.74) is 2.15. The molecule has 1 N–H and O–H groups in total. The van der Waals surface area contributed by atoms with Crippen molar-refractivity contribution >= 4 is 28.3 Å². The lowest BCUT2D eigenvalue weighted by atomic mass is 10.1. The lowest BCUT2D eigenvalue weighted by Crippen LogP contribution is -2.34. The van der Waals surface area contributed by atoms with Crippen LogP contribution in [0.25, 0.3) is 11.3 Å². The molecule has 28 heavy (non-hydrogen) atoms. The van der Waals surface area contributed by atoms with Gasteiger partial charge in [0.25, 0.3) is 5.91 Å². The van der Waals surface area contributed by atoms with E-state index in [4.69, 9.17) is 4.74 Å². The fourth-order valence-corrected chi connectivity index (χ4v) is 3.39. The van der Waals surface area contributed by atoms with Crippen LogP contribution >= 0.6 is 11.3 Å². The monoisotopic (exact) mass is 395 g/mol. The minimum Gasteiger partial charge on any atom is -0.493 e. The topological polar surface area (TPSA) is 71.5 Å². The highest BCUT2D eigenvalue weighted by molar-refractivity contribution is 7.14. The number of hydrogen-bond acceptors (Lipinski definition) is 5. The molecule has 0 aliphatic heterocycles. The van der Waals surface area contributed by atoms with E-state index < -0.39 is 0 Å². The molecule has 0 saturated heterocycles. The quantitative estimate of drug-likeness (QED) is 0.658. The number of carbonyl (C=O) groups is 2.